The summed E-state index contributed by atoms with van der Waals surface area (Å²) in [7, 11) is 0. The molecule has 0 aliphatic heterocycles. The van der Waals surface area contributed by atoms with Gasteiger partial charge >= 0.3 is 11.9 Å². The van der Waals surface area contributed by atoms with Gasteiger partial charge in [-0.05, 0) is 25.2 Å². The molecule has 106 valence electrons. The molecular formula is C14H26O4. The Balaban J connectivity index is 3.65. The van der Waals surface area contributed by atoms with Crippen LogP contribution in [-0.4, -0.2) is 22.2 Å². The van der Waals surface area contributed by atoms with Gasteiger partial charge in [0.1, 0.15) is 0 Å². The zero-order valence-electron chi connectivity index (χ0n) is 11.5. The van der Waals surface area contributed by atoms with Crippen molar-refractivity contribution in [2.75, 3.05) is 0 Å². The first-order valence-electron chi connectivity index (χ1n) is 6.95. The third kappa shape index (κ3) is 8.09. The van der Waals surface area contributed by atoms with Gasteiger partial charge in [-0.1, -0.05) is 39.5 Å². The summed E-state index contributed by atoms with van der Waals surface area (Å²) in [5, 5.41) is 17.6. The highest BCUT2D eigenvalue weighted by molar-refractivity contribution is 5.69. The average Bonchev–Trinajstić information content (AvgIpc) is 2.31. The summed E-state index contributed by atoms with van der Waals surface area (Å²) in [6.45, 7) is 3.92. The zero-order chi connectivity index (χ0) is 14.0. The Bertz CT molecular complexity index is 250. The summed E-state index contributed by atoms with van der Waals surface area (Å²) in [5.74, 6) is -1.37. The van der Waals surface area contributed by atoms with Crippen LogP contribution in [0.3, 0.4) is 0 Å². The van der Waals surface area contributed by atoms with Crippen LogP contribution in [0.4, 0.5) is 0 Å². The van der Waals surface area contributed by atoms with Gasteiger partial charge in [-0.3, -0.25) is 9.59 Å². The number of carbonyl (C=O) groups is 2. The van der Waals surface area contributed by atoms with Crippen LogP contribution in [0.15, 0.2) is 0 Å². The van der Waals surface area contributed by atoms with Crippen molar-refractivity contribution in [3.63, 3.8) is 0 Å². The van der Waals surface area contributed by atoms with Crippen LogP contribution in [0.2, 0.25) is 0 Å². The Hall–Kier alpha value is -1.06. The van der Waals surface area contributed by atoms with Gasteiger partial charge in [0.05, 0.1) is 5.92 Å². The molecule has 0 aromatic rings. The first kappa shape index (κ1) is 16.9. The number of aliphatic carboxylic acids is 2. The minimum Gasteiger partial charge on any atom is -0.481 e. The maximum absolute atomic E-state index is 10.8. The fourth-order valence-electron chi connectivity index (χ4n) is 2.20. The van der Waals surface area contributed by atoms with Crippen molar-refractivity contribution >= 4 is 11.9 Å². The molecule has 4 heteroatoms. The largest absolute Gasteiger partial charge is 0.481 e. The highest BCUT2D eigenvalue weighted by atomic mass is 16.4. The number of carboxylic acids is 2. The standard InChI is InChI=1S/C14H26O4/c1-3-11(10-13(15)16)8-6-5-7-9-12(4-2)14(17)18/h11-12H,3-10H2,1-2H3,(H,15,16)(H,17,18). The van der Waals surface area contributed by atoms with E-state index in [1.165, 1.54) is 0 Å². The Labute approximate surface area is 109 Å². The molecule has 18 heavy (non-hydrogen) atoms. The van der Waals surface area contributed by atoms with Gasteiger partial charge < -0.3 is 10.2 Å². The van der Waals surface area contributed by atoms with Gasteiger partial charge in [-0.2, -0.15) is 0 Å². The molecule has 0 aromatic carbocycles. The van der Waals surface area contributed by atoms with E-state index >= 15 is 0 Å². The molecule has 0 rings (SSSR count). The predicted octanol–water partition coefficient (Wildman–Crippen LogP) is 3.55. The maximum Gasteiger partial charge on any atom is 0.306 e. The molecule has 0 heterocycles. The van der Waals surface area contributed by atoms with E-state index in [0.717, 1.165) is 38.5 Å². The van der Waals surface area contributed by atoms with Crippen LogP contribution in [0.5, 0.6) is 0 Å². The first-order valence-corrected chi connectivity index (χ1v) is 6.95. The molecule has 0 saturated carbocycles. The van der Waals surface area contributed by atoms with Crippen molar-refractivity contribution in [3.05, 3.63) is 0 Å². The van der Waals surface area contributed by atoms with E-state index in [0.29, 0.717) is 6.42 Å². The topological polar surface area (TPSA) is 74.6 Å². The summed E-state index contributed by atoms with van der Waals surface area (Å²) < 4.78 is 0. The van der Waals surface area contributed by atoms with Crippen molar-refractivity contribution in [1.82, 2.24) is 0 Å². The second-order valence-electron chi connectivity index (χ2n) is 4.95. The van der Waals surface area contributed by atoms with Crippen molar-refractivity contribution in [1.29, 1.82) is 0 Å². The molecule has 0 aliphatic carbocycles. The van der Waals surface area contributed by atoms with E-state index in [1.807, 2.05) is 13.8 Å². The Morgan fingerprint density at radius 1 is 0.944 bits per heavy atom. The third-order valence-corrected chi connectivity index (χ3v) is 3.55. The molecule has 2 unspecified atom stereocenters. The lowest BCUT2D eigenvalue weighted by Crippen LogP contribution is -2.12. The van der Waals surface area contributed by atoms with Crippen LogP contribution >= 0.6 is 0 Å². The van der Waals surface area contributed by atoms with Gasteiger partial charge in [-0.25, -0.2) is 0 Å². The highest BCUT2D eigenvalue weighted by Gasteiger charge is 2.14. The minimum absolute atomic E-state index is 0.217. The summed E-state index contributed by atoms with van der Waals surface area (Å²) >= 11 is 0. The van der Waals surface area contributed by atoms with E-state index in [9.17, 15) is 9.59 Å². The lowest BCUT2D eigenvalue weighted by molar-refractivity contribution is -0.142. The molecule has 0 spiro atoms. The van der Waals surface area contributed by atoms with Gasteiger partial charge in [0.25, 0.3) is 0 Å². The second-order valence-corrected chi connectivity index (χ2v) is 4.95. The van der Waals surface area contributed by atoms with Crippen LogP contribution in [0, 0.1) is 11.8 Å². The fraction of sp³-hybridized carbons (Fsp3) is 0.857. The molecule has 4 nitrogen and oxygen atoms in total. The molecule has 0 aliphatic rings. The lowest BCUT2D eigenvalue weighted by Gasteiger charge is -2.12. The molecule has 0 fully saturated rings. The quantitative estimate of drug-likeness (QED) is 0.556. The molecular weight excluding hydrogens is 232 g/mol. The Morgan fingerprint density at radius 2 is 1.56 bits per heavy atom. The molecule has 0 amide bonds. The van der Waals surface area contributed by atoms with Crippen molar-refractivity contribution < 1.29 is 19.8 Å². The summed E-state index contributed by atoms with van der Waals surface area (Å²) in [6.07, 6.45) is 6.44. The van der Waals surface area contributed by atoms with Crippen LogP contribution < -0.4 is 0 Å². The molecule has 0 radical (unpaired) electrons. The molecule has 0 aromatic heterocycles. The van der Waals surface area contributed by atoms with E-state index in [4.69, 9.17) is 10.2 Å². The van der Waals surface area contributed by atoms with E-state index < -0.39 is 11.9 Å². The van der Waals surface area contributed by atoms with E-state index in [2.05, 4.69) is 0 Å². The van der Waals surface area contributed by atoms with Gasteiger partial charge in [-0.15, -0.1) is 0 Å². The maximum atomic E-state index is 10.8. The van der Waals surface area contributed by atoms with Crippen molar-refractivity contribution in [2.24, 2.45) is 11.8 Å². The smallest absolute Gasteiger partial charge is 0.306 e. The van der Waals surface area contributed by atoms with Gasteiger partial charge in [0, 0.05) is 6.42 Å². The third-order valence-electron chi connectivity index (χ3n) is 3.55. The summed E-state index contributed by atoms with van der Waals surface area (Å²) in [4.78, 5) is 21.4. The fourth-order valence-corrected chi connectivity index (χ4v) is 2.20. The van der Waals surface area contributed by atoms with Gasteiger partial charge in [0.2, 0.25) is 0 Å². The van der Waals surface area contributed by atoms with Gasteiger partial charge in [0.15, 0.2) is 0 Å². The summed E-state index contributed by atoms with van der Waals surface area (Å²) in [5.41, 5.74) is 0. The normalized spacial score (nSPS) is 14.1. The van der Waals surface area contributed by atoms with Crippen molar-refractivity contribution in [3.8, 4) is 0 Å². The summed E-state index contributed by atoms with van der Waals surface area (Å²) in [6, 6.07) is 0. The number of unbranched alkanes of at least 4 members (excludes halogenated alkanes) is 2. The molecule has 0 saturated heterocycles. The van der Waals surface area contributed by atoms with E-state index in [1.54, 1.807) is 0 Å². The lowest BCUT2D eigenvalue weighted by atomic mass is 9.93. The van der Waals surface area contributed by atoms with Crippen LogP contribution in [0.25, 0.3) is 0 Å². The number of rotatable bonds is 11. The number of carboxylic acid groups (broad SMARTS) is 2. The zero-order valence-corrected chi connectivity index (χ0v) is 11.5. The average molecular weight is 258 g/mol. The minimum atomic E-state index is -0.723. The Kier molecular flexibility index (Phi) is 9.33. The second kappa shape index (κ2) is 9.92. The number of hydrogen-bond acceptors (Lipinski definition) is 2. The molecule has 2 atom stereocenters. The SMILES string of the molecule is CCC(CCCCCC(CC)C(=O)O)CC(=O)O. The Morgan fingerprint density at radius 3 is 2.00 bits per heavy atom. The van der Waals surface area contributed by atoms with Crippen LogP contribution in [-0.2, 0) is 9.59 Å². The number of hydrogen-bond donors (Lipinski definition) is 2. The molecule has 0 bridgehead atoms. The highest BCUT2D eigenvalue weighted by Crippen LogP contribution is 2.19. The van der Waals surface area contributed by atoms with Crippen LogP contribution in [0.1, 0.15) is 65.2 Å². The van der Waals surface area contributed by atoms with E-state index in [-0.39, 0.29) is 18.3 Å². The van der Waals surface area contributed by atoms with Crippen molar-refractivity contribution in [2.45, 2.75) is 65.2 Å². The monoisotopic (exact) mass is 258 g/mol. The molecule has 2 N–H and O–H groups in total. The predicted molar refractivity (Wildman–Crippen MR) is 70.5 cm³/mol. The first-order chi connectivity index (χ1) is 8.51.